The maximum atomic E-state index is 11.9. The van der Waals surface area contributed by atoms with Crippen molar-refractivity contribution in [3.8, 4) is 0 Å². The minimum absolute atomic E-state index is 0.157. The standard InChI is InChI=1S/C14H19N3O5S/c1-10-4-5-12-11(8-10)17(14(19)22-12)9-13(18)15-6-7-16(2)23(3,20)21/h4-5,8H,6-7,9H2,1-3H3,(H,15,18). The number of likely N-dealkylation sites (N-methyl/N-ethyl adjacent to an activating group) is 1. The van der Waals surface area contributed by atoms with Gasteiger partial charge in [0.2, 0.25) is 15.9 Å². The monoisotopic (exact) mass is 341 g/mol. The third-order valence-corrected chi connectivity index (χ3v) is 4.75. The second kappa shape index (κ2) is 6.55. The molecule has 1 aromatic heterocycles. The summed E-state index contributed by atoms with van der Waals surface area (Å²) in [6.45, 7) is 2.01. The summed E-state index contributed by atoms with van der Waals surface area (Å²) in [5, 5.41) is 2.58. The quantitative estimate of drug-likeness (QED) is 0.791. The van der Waals surface area contributed by atoms with Crippen molar-refractivity contribution < 1.29 is 17.6 Å². The number of fused-ring (bicyclic) bond motifs is 1. The molecular formula is C14H19N3O5S. The average Bonchev–Trinajstić information content (AvgIpc) is 2.74. The molecule has 0 saturated heterocycles. The number of nitrogens with one attached hydrogen (secondary N) is 1. The zero-order valence-corrected chi connectivity index (χ0v) is 14.0. The summed E-state index contributed by atoms with van der Waals surface area (Å²) in [5.74, 6) is -0.993. The van der Waals surface area contributed by atoms with Gasteiger partial charge in [-0.15, -0.1) is 0 Å². The van der Waals surface area contributed by atoms with Crippen molar-refractivity contribution in [3.63, 3.8) is 0 Å². The normalized spacial score (nSPS) is 12.0. The van der Waals surface area contributed by atoms with E-state index >= 15 is 0 Å². The van der Waals surface area contributed by atoms with Gasteiger partial charge in [-0.25, -0.2) is 17.5 Å². The third kappa shape index (κ3) is 4.20. The van der Waals surface area contributed by atoms with Crippen molar-refractivity contribution in [2.45, 2.75) is 13.5 Å². The van der Waals surface area contributed by atoms with Gasteiger partial charge in [0, 0.05) is 20.1 Å². The molecule has 1 aromatic carbocycles. The van der Waals surface area contributed by atoms with Crippen molar-refractivity contribution >= 4 is 27.0 Å². The maximum absolute atomic E-state index is 11.9. The molecule has 2 aromatic rings. The number of sulfonamides is 1. The van der Waals surface area contributed by atoms with Gasteiger partial charge >= 0.3 is 5.76 Å². The summed E-state index contributed by atoms with van der Waals surface area (Å²) in [4.78, 5) is 23.8. The van der Waals surface area contributed by atoms with Crippen molar-refractivity contribution in [1.29, 1.82) is 0 Å². The molecule has 0 aliphatic carbocycles. The van der Waals surface area contributed by atoms with Crippen LogP contribution in [0.2, 0.25) is 0 Å². The highest BCUT2D eigenvalue weighted by atomic mass is 32.2. The number of nitrogens with zero attached hydrogens (tertiary/aromatic N) is 2. The van der Waals surface area contributed by atoms with Gasteiger partial charge in [0.05, 0.1) is 11.8 Å². The molecule has 0 saturated carbocycles. The summed E-state index contributed by atoms with van der Waals surface area (Å²) >= 11 is 0. The predicted molar refractivity (Wildman–Crippen MR) is 85.7 cm³/mol. The zero-order chi connectivity index (χ0) is 17.2. The number of oxazole rings is 1. The Morgan fingerprint density at radius 1 is 1.39 bits per heavy atom. The summed E-state index contributed by atoms with van der Waals surface area (Å²) in [6.07, 6.45) is 1.09. The van der Waals surface area contributed by atoms with E-state index in [0.717, 1.165) is 16.1 Å². The van der Waals surface area contributed by atoms with Crippen LogP contribution in [0.25, 0.3) is 11.1 Å². The van der Waals surface area contributed by atoms with Crippen LogP contribution in [0.1, 0.15) is 5.56 Å². The minimum Gasteiger partial charge on any atom is -0.408 e. The number of rotatable bonds is 6. The molecule has 9 heteroatoms. The summed E-state index contributed by atoms with van der Waals surface area (Å²) in [5.41, 5.74) is 1.92. The van der Waals surface area contributed by atoms with E-state index in [1.165, 1.54) is 11.6 Å². The smallest absolute Gasteiger partial charge is 0.408 e. The van der Waals surface area contributed by atoms with Gasteiger partial charge in [-0.1, -0.05) is 6.07 Å². The Morgan fingerprint density at radius 2 is 2.09 bits per heavy atom. The van der Waals surface area contributed by atoms with Gasteiger partial charge in [-0.3, -0.25) is 9.36 Å². The molecule has 0 fully saturated rings. The van der Waals surface area contributed by atoms with Crippen LogP contribution >= 0.6 is 0 Å². The van der Waals surface area contributed by atoms with Crippen LogP contribution in [-0.2, 0) is 21.4 Å². The molecule has 8 nitrogen and oxygen atoms in total. The van der Waals surface area contributed by atoms with Crippen LogP contribution in [0.4, 0.5) is 0 Å². The van der Waals surface area contributed by atoms with Crippen LogP contribution in [0, 0.1) is 6.92 Å². The fraction of sp³-hybridized carbons (Fsp3) is 0.429. The van der Waals surface area contributed by atoms with E-state index in [0.29, 0.717) is 11.1 Å². The topological polar surface area (TPSA) is 102 Å². The number of aryl methyl sites for hydroxylation is 1. The molecule has 0 bridgehead atoms. The zero-order valence-electron chi connectivity index (χ0n) is 13.2. The average molecular weight is 341 g/mol. The van der Waals surface area contributed by atoms with E-state index < -0.39 is 21.7 Å². The van der Waals surface area contributed by atoms with E-state index in [1.54, 1.807) is 12.1 Å². The lowest BCUT2D eigenvalue weighted by atomic mass is 10.2. The summed E-state index contributed by atoms with van der Waals surface area (Å²) < 4.78 is 29.9. The fourth-order valence-corrected chi connectivity index (χ4v) is 2.46. The van der Waals surface area contributed by atoms with Gasteiger partial charge < -0.3 is 9.73 Å². The second-order valence-electron chi connectivity index (χ2n) is 5.36. The SMILES string of the molecule is Cc1ccc2oc(=O)n(CC(=O)NCCN(C)S(C)(=O)=O)c2c1. The molecule has 23 heavy (non-hydrogen) atoms. The van der Waals surface area contributed by atoms with Crippen LogP contribution in [-0.4, -0.2) is 49.6 Å². The first-order valence-corrected chi connectivity index (χ1v) is 8.81. The summed E-state index contributed by atoms with van der Waals surface area (Å²) in [7, 11) is -1.85. The second-order valence-corrected chi connectivity index (χ2v) is 7.45. The molecule has 0 aliphatic rings. The van der Waals surface area contributed by atoms with E-state index in [4.69, 9.17) is 4.42 Å². The Kier molecular flexibility index (Phi) is 4.90. The largest absolute Gasteiger partial charge is 0.420 e. The van der Waals surface area contributed by atoms with E-state index in [2.05, 4.69) is 5.32 Å². The number of benzene rings is 1. The molecule has 1 N–H and O–H groups in total. The maximum Gasteiger partial charge on any atom is 0.420 e. The first-order chi connectivity index (χ1) is 10.7. The lowest BCUT2D eigenvalue weighted by molar-refractivity contribution is -0.121. The molecule has 1 amide bonds. The van der Waals surface area contributed by atoms with Gasteiger partial charge in [-0.2, -0.15) is 0 Å². The molecule has 1 heterocycles. The van der Waals surface area contributed by atoms with Crippen LogP contribution in [0.15, 0.2) is 27.4 Å². The van der Waals surface area contributed by atoms with Gasteiger partial charge in [0.1, 0.15) is 6.54 Å². The van der Waals surface area contributed by atoms with Crippen molar-refractivity contribution in [3.05, 3.63) is 34.3 Å². The highest BCUT2D eigenvalue weighted by Gasteiger charge is 2.14. The van der Waals surface area contributed by atoms with Gasteiger partial charge in [0.25, 0.3) is 0 Å². The highest BCUT2D eigenvalue weighted by molar-refractivity contribution is 7.88. The van der Waals surface area contributed by atoms with Crippen LogP contribution in [0.5, 0.6) is 0 Å². The first-order valence-electron chi connectivity index (χ1n) is 6.96. The molecule has 0 radical (unpaired) electrons. The molecule has 0 unspecified atom stereocenters. The summed E-state index contributed by atoms with van der Waals surface area (Å²) in [6, 6.07) is 5.27. The number of hydrogen-bond donors (Lipinski definition) is 1. The minimum atomic E-state index is -3.28. The van der Waals surface area contributed by atoms with Crippen molar-refractivity contribution in [2.75, 3.05) is 26.4 Å². The number of carbonyl (C=O) groups excluding carboxylic acids is 1. The number of aromatic nitrogens is 1. The molecule has 126 valence electrons. The third-order valence-electron chi connectivity index (χ3n) is 3.44. The van der Waals surface area contributed by atoms with E-state index in [1.807, 2.05) is 13.0 Å². The van der Waals surface area contributed by atoms with E-state index in [9.17, 15) is 18.0 Å². The Bertz CT molecular complexity index is 881. The highest BCUT2D eigenvalue weighted by Crippen LogP contribution is 2.14. The molecule has 2 rings (SSSR count). The number of amides is 1. The predicted octanol–water partition coefficient (Wildman–Crippen LogP) is -0.0895. The fourth-order valence-electron chi connectivity index (χ4n) is 2.04. The lowest BCUT2D eigenvalue weighted by Crippen LogP contribution is -2.37. The van der Waals surface area contributed by atoms with E-state index in [-0.39, 0.29) is 19.6 Å². The van der Waals surface area contributed by atoms with Crippen molar-refractivity contribution in [1.82, 2.24) is 14.2 Å². The van der Waals surface area contributed by atoms with Crippen LogP contribution in [0.3, 0.4) is 0 Å². The first kappa shape index (κ1) is 17.2. The Balaban J connectivity index is 2.02. The molecule has 0 atom stereocenters. The van der Waals surface area contributed by atoms with Crippen molar-refractivity contribution in [2.24, 2.45) is 0 Å². The van der Waals surface area contributed by atoms with Gasteiger partial charge in [0.15, 0.2) is 5.58 Å². The molecular weight excluding hydrogens is 322 g/mol. The van der Waals surface area contributed by atoms with Gasteiger partial charge in [-0.05, 0) is 24.6 Å². The lowest BCUT2D eigenvalue weighted by Gasteiger charge is -2.14. The Hall–Kier alpha value is -2.13. The van der Waals surface area contributed by atoms with Crippen LogP contribution < -0.4 is 11.1 Å². The molecule has 0 aliphatic heterocycles. The molecule has 0 spiro atoms. The number of carbonyl (C=O) groups is 1. The Morgan fingerprint density at radius 3 is 2.74 bits per heavy atom. The Labute approximate surface area is 133 Å². The number of hydrogen-bond acceptors (Lipinski definition) is 5.